The molecule has 0 amide bonds. The minimum Gasteiger partial charge on any atom is -0.377 e. The fourth-order valence-electron chi connectivity index (χ4n) is 2.19. The van der Waals surface area contributed by atoms with Crippen LogP contribution in [0.25, 0.3) is 0 Å². The lowest BCUT2D eigenvalue weighted by atomic mass is 9.94. The van der Waals surface area contributed by atoms with Crippen LogP contribution in [0.15, 0.2) is 30.3 Å². The van der Waals surface area contributed by atoms with Gasteiger partial charge in [-0.2, -0.15) is 0 Å². The van der Waals surface area contributed by atoms with Crippen LogP contribution in [0.2, 0.25) is 0 Å². The van der Waals surface area contributed by atoms with Gasteiger partial charge in [0.15, 0.2) is 0 Å². The molecule has 1 heterocycles. The van der Waals surface area contributed by atoms with Gasteiger partial charge in [-0.1, -0.05) is 37.3 Å². The molecule has 1 aliphatic rings. The number of nitrogens with zero attached hydrogens (tertiary/aromatic N) is 1. The first-order valence-electron chi connectivity index (χ1n) is 5.87. The Morgan fingerprint density at radius 2 is 2.00 bits per heavy atom. The maximum atomic E-state index is 5.88. The minimum atomic E-state index is 0.0740. The summed E-state index contributed by atoms with van der Waals surface area (Å²) < 4.78 is 5.33. The summed E-state index contributed by atoms with van der Waals surface area (Å²) in [6.45, 7) is 6.36. The quantitative estimate of drug-likeness (QED) is 0.811. The smallest absolute Gasteiger partial charge is 0.0805 e. The summed E-state index contributed by atoms with van der Waals surface area (Å²) in [6, 6.07) is 10.5. The van der Waals surface area contributed by atoms with E-state index in [2.05, 4.69) is 36.1 Å². The maximum Gasteiger partial charge on any atom is 0.0805 e. The van der Waals surface area contributed by atoms with Crippen molar-refractivity contribution in [1.29, 1.82) is 0 Å². The summed E-state index contributed by atoms with van der Waals surface area (Å²) in [5.74, 6) is 0. The van der Waals surface area contributed by atoms with Crippen LogP contribution in [0.5, 0.6) is 0 Å². The van der Waals surface area contributed by atoms with Crippen LogP contribution < -0.4 is 5.73 Å². The van der Waals surface area contributed by atoms with Gasteiger partial charge < -0.3 is 10.5 Å². The largest absolute Gasteiger partial charge is 0.377 e. The van der Waals surface area contributed by atoms with Gasteiger partial charge in [-0.15, -0.1) is 0 Å². The van der Waals surface area contributed by atoms with Gasteiger partial charge in [-0.05, 0) is 12.1 Å². The third-order valence-corrected chi connectivity index (χ3v) is 3.39. The normalized spacial score (nSPS) is 18.4. The van der Waals surface area contributed by atoms with E-state index in [1.807, 2.05) is 6.07 Å². The molecule has 2 N–H and O–H groups in total. The monoisotopic (exact) mass is 220 g/mol. The molecular weight excluding hydrogens is 200 g/mol. The van der Waals surface area contributed by atoms with Crippen LogP contribution in [0.4, 0.5) is 0 Å². The maximum absolute atomic E-state index is 5.88. The van der Waals surface area contributed by atoms with Crippen LogP contribution in [-0.4, -0.2) is 36.7 Å². The summed E-state index contributed by atoms with van der Waals surface area (Å²) in [5, 5.41) is 0. The van der Waals surface area contributed by atoms with Gasteiger partial charge in [0.1, 0.15) is 0 Å². The molecule has 3 heteroatoms. The topological polar surface area (TPSA) is 38.5 Å². The molecule has 1 saturated heterocycles. The first-order chi connectivity index (χ1) is 7.80. The van der Waals surface area contributed by atoms with Crippen molar-refractivity contribution < 1.29 is 4.74 Å². The van der Waals surface area contributed by atoms with Crippen LogP contribution >= 0.6 is 0 Å². The first-order valence-corrected chi connectivity index (χ1v) is 5.87. The molecule has 1 aromatic rings. The van der Waals surface area contributed by atoms with Gasteiger partial charge in [0, 0.05) is 13.1 Å². The molecule has 0 radical (unpaired) electrons. The van der Waals surface area contributed by atoms with Gasteiger partial charge in [-0.3, -0.25) is 4.90 Å². The molecule has 0 atom stereocenters. The van der Waals surface area contributed by atoms with E-state index in [1.54, 1.807) is 0 Å². The number of benzene rings is 1. The lowest BCUT2D eigenvalue weighted by molar-refractivity contribution is -0.137. The van der Waals surface area contributed by atoms with Crippen molar-refractivity contribution in [2.45, 2.75) is 19.0 Å². The third kappa shape index (κ3) is 2.12. The first kappa shape index (κ1) is 11.6. The van der Waals surface area contributed by atoms with Crippen LogP contribution in [0.1, 0.15) is 12.5 Å². The Labute approximate surface area is 97.2 Å². The number of rotatable bonds is 5. The highest BCUT2D eigenvalue weighted by atomic mass is 16.5. The second-order valence-corrected chi connectivity index (χ2v) is 4.42. The average molecular weight is 220 g/mol. The number of ether oxygens (including phenoxy) is 1. The van der Waals surface area contributed by atoms with Crippen molar-refractivity contribution in [3.8, 4) is 0 Å². The van der Waals surface area contributed by atoms with E-state index in [9.17, 15) is 0 Å². The van der Waals surface area contributed by atoms with E-state index in [-0.39, 0.29) is 5.54 Å². The zero-order valence-electron chi connectivity index (χ0n) is 9.86. The minimum absolute atomic E-state index is 0.0740. The molecule has 0 unspecified atom stereocenters. The second kappa shape index (κ2) is 4.95. The van der Waals surface area contributed by atoms with Crippen molar-refractivity contribution in [2.24, 2.45) is 5.73 Å². The standard InChI is InChI=1S/C13H20N2O/c1-2-15(13(9-14)10-16-11-13)8-12-6-4-3-5-7-12/h3-7H,2,8-11,14H2,1H3. The zero-order valence-corrected chi connectivity index (χ0v) is 9.86. The Balaban J connectivity index is 2.06. The molecule has 16 heavy (non-hydrogen) atoms. The Morgan fingerprint density at radius 1 is 1.31 bits per heavy atom. The highest BCUT2D eigenvalue weighted by molar-refractivity contribution is 5.15. The van der Waals surface area contributed by atoms with Crippen LogP contribution in [0.3, 0.4) is 0 Å². The van der Waals surface area contributed by atoms with Crippen LogP contribution in [-0.2, 0) is 11.3 Å². The number of nitrogens with two attached hydrogens (primary N) is 1. The Hall–Kier alpha value is -0.900. The molecule has 0 saturated carbocycles. The summed E-state index contributed by atoms with van der Waals surface area (Å²) in [6.07, 6.45) is 0. The van der Waals surface area contributed by atoms with Gasteiger partial charge >= 0.3 is 0 Å². The fourth-order valence-corrected chi connectivity index (χ4v) is 2.19. The van der Waals surface area contributed by atoms with E-state index in [4.69, 9.17) is 10.5 Å². The molecule has 0 aromatic heterocycles. The second-order valence-electron chi connectivity index (χ2n) is 4.42. The van der Waals surface area contributed by atoms with Crippen molar-refractivity contribution in [1.82, 2.24) is 4.90 Å². The zero-order chi connectivity index (χ0) is 11.4. The third-order valence-electron chi connectivity index (χ3n) is 3.39. The van der Waals surface area contributed by atoms with Crippen molar-refractivity contribution in [2.75, 3.05) is 26.3 Å². The lowest BCUT2D eigenvalue weighted by Crippen LogP contribution is -2.65. The summed E-state index contributed by atoms with van der Waals surface area (Å²) in [7, 11) is 0. The van der Waals surface area contributed by atoms with Crippen LogP contribution in [0, 0.1) is 0 Å². The van der Waals surface area contributed by atoms with Crippen molar-refractivity contribution in [3.63, 3.8) is 0 Å². The number of likely N-dealkylation sites (N-methyl/N-ethyl adjacent to an activating group) is 1. The molecule has 1 aliphatic heterocycles. The van der Waals surface area contributed by atoms with Crippen molar-refractivity contribution in [3.05, 3.63) is 35.9 Å². The van der Waals surface area contributed by atoms with Gasteiger partial charge in [-0.25, -0.2) is 0 Å². The van der Waals surface area contributed by atoms with E-state index in [0.29, 0.717) is 6.54 Å². The van der Waals surface area contributed by atoms with E-state index >= 15 is 0 Å². The summed E-state index contributed by atoms with van der Waals surface area (Å²) in [5.41, 5.74) is 7.29. The molecule has 2 rings (SSSR count). The average Bonchev–Trinajstić information content (AvgIpc) is 2.28. The Bertz CT molecular complexity index is 316. The SMILES string of the molecule is CCN(Cc1ccccc1)C1(CN)COC1. The molecular formula is C13H20N2O. The predicted molar refractivity (Wildman–Crippen MR) is 65.1 cm³/mol. The lowest BCUT2D eigenvalue weighted by Gasteiger charge is -2.48. The molecule has 88 valence electrons. The fraction of sp³-hybridized carbons (Fsp3) is 0.538. The van der Waals surface area contributed by atoms with E-state index < -0.39 is 0 Å². The van der Waals surface area contributed by atoms with Gasteiger partial charge in [0.2, 0.25) is 0 Å². The highest BCUT2D eigenvalue weighted by Gasteiger charge is 2.42. The summed E-state index contributed by atoms with van der Waals surface area (Å²) >= 11 is 0. The van der Waals surface area contributed by atoms with Gasteiger partial charge in [0.25, 0.3) is 0 Å². The van der Waals surface area contributed by atoms with Crippen molar-refractivity contribution >= 4 is 0 Å². The molecule has 3 nitrogen and oxygen atoms in total. The molecule has 0 bridgehead atoms. The molecule has 1 aromatic carbocycles. The Morgan fingerprint density at radius 3 is 2.44 bits per heavy atom. The molecule has 0 spiro atoms. The highest BCUT2D eigenvalue weighted by Crippen LogP contribution is 2.25. The predicted octanol–water partition coefficient (Wildman–Crippen LogP) is 1.24. The number of hydrogen-bond donors (Lipinski definition) is 1. The van der Waals surface area contributed by atoms with E-state index in [1.165, 1.54) is 5.56 Å². The molecule has 1 fully saturated rings. The van der Waals surface area contributed by atoms with Gasteiger partial charge in [0.05, 0.1) is 18.8 Å². The number of hydrogen-bond acceptors (Lipinski definition) is 3. The van der Waals surface area contributed by atoms with E-state index in [0.717, 1.165) is 26.3 Å². The Kier molecular flexibility index (Phi) is 3.59. The summed E-state index contributed by atoms with van der Waals surface area (Å²) in [4.78, 5) is 2.42. The molecule has 0 aliphatic carbocycles.